The van der Waals surface area contributed by atoms with Crippen molar-refractivity contribution in [3.05, 3.63) is 28.2 Å². The Hall–Kier alpha value is -0.540. The number of nitrogens with two attached hydrogens (primary N) is 1. The molecular formula is C15H22BrNO. The lowest BCUT2D eigenvalue weighted by molar-refractivity contribution is 0.0556. The Morgan fingerprint density at radius 1 is 1.22 bits per heavy atom. The minimum absolute atomic E-state index is 0.334. The van der Waals surface area contributed by atoms with Gasteiger partial charge in [-0.25, -0.2) is 0 Å². The number of nitrogen functional groups attached to an aromatic ring is 1. The van der Waals surface area contributed by atoms with Crippen molar-refractivity contribution in [2.24, 2.45) is 17.8 Å². The zero-order valence-electron chi connectivity index (χ0n) is 11.1. The van der Waals surface area contributed by atoms with Gasteiger partial charge < -0.3 is 10.8 Å². The van der Waals surface area contributed by atoms with Crippen molar-refractivity contribution in [1.29, 1.82) is 0 Å². The molecule has 0 spiro atoms. The van der Waals surface area contributed by atoms with E-state index in [0.717, 1.165) is 22.9 Å². The van der Waals surface area contributed by atoms with Gasteiger partial charge in [-0.15, -0.1) is 0 Å². The molecule has 3 N–H and O–H groups in total. The first-order chi connectivity index (χ1) is 8.47. The Kier molecular flexibility index (Phi) is 4.33. The van der Waals surface area contributed by atoms with Crippen LogP contribution in [0.1, 0.15) is 44.8 Å². The highest BCUT2D eigenvalue weighted by atomic mass is 79.9. The van der Waals surface area contributed by atoms with Crippen LogP contribution in [0.4, 0.5) is 5.69 Å². The zero-order chi connectivity index (χ0) is 13.3. The summed E-state index contributed by atoms with van der Waals surface area (Å²) in [5.41, 5.74) is 7.55. The zero-order valence-corrected chi connectivity index (χ0v) is 12.7. The summed E-state index contributed by atoms with van der Waals surface area (Å²) in [5.74, 6) is 1.73. The van der Waals surface area contributed by atoms with E-state index in [1.807, 2.05) is 18.2 Å². The average molecular weight is 312 g/mol. The summed E-state index contributed by atoms with van der Waals surface area (Å²) in [6.07, 6.45) is 3.03. The molecule has 1 fully saturated rings. The largest absolute Gasteiger partial charge is 0.398 e. The van der Waals surface area contributed by atoms with E-state index in [1.54, 1.807) is 0 Å². The van der Waals surface area contributed by atoms with Crippen molar-refractivity contribution >= 4 is 21.6 Å². The van der Waals surface area contributed by atoms with Gasteiger partial charge in [0.05, 0.1) is 6.10 Å². The molecule has 0 saturated heterocycles. The van der Waals surface area contributed by atoms with Crippen molar-refractivity contribution in [2.75, 3.05) is 5.73 Å². The number of benzene rings is 1. The van der Waals surface area contributed by atoms with Gasteiger partial charge in [-0.3, -0.25) is 0 Å². The van der Waals surface area contributed by atoms with Gasteiger partial charge in [-0.2, -0.15) is 0 Å². The normalized spacial score (nSPS) is 30.1. The van der Waals surface area contributed by atoms with Gasteiger partial charge in [0.15, 0.2) is 0 Å². The van der Waals surface area contributed by atoms with Gasteiger partial charge in [-0.1, -0.05) is 29.8 Å². The number of aliphatic hydroxyl groups excluding tert-OH is 1. The molecule has 1 aliphatic rings. The Labute approximate surface area is 118 Å². The fraction of sp³-hybridized carbons (Fsp3) is 0.600. The molecule has 0 bridgehead atoms. The maximum absolute atomic E-state index is 10.6. The van der Waals surface area contributed by atoms with Crippen molar-refractivity contribution in [3.63, 3.8) is 0 Å². The number of aliphatic hydroxyl groups is 1. The molecule has 2 nitrogen and oxygen atoms in total. The maximum Gasteiger partial charge on any atom is 0.0838 e. The predicted molar refractivity (Wildman–Crippen MR) is 79.2 cm³/mol. The molecule has 2 rings (SSSR count). The molecule has 0 heterocycles. The lowest BCUT2D eigenvalue weighted by atomic mass is 9.73. The summed E-state index contributed by atoms with van der Waals surface area (Å²) in [4.78, 5) is 0. The smallest absolute Gasteiger partial charge is 0.0838 e. The number of hydrogen-bond donors (Lipinski definition) is 2. The average Bonchev–Trinajstić information content (AvgIpc) is 2.30. The lowest BCUT2D eigenvalue weighted by Gasteiger charge is -2.34. The molecule has 0 radical (unpaired) electrons. The SMILES string of the molecule is CC1CC(C)CC(C(O)c2cc(Br)ccc2N)C1. The molecule has 1 aliphatic carbocycles. The van der Waals surface area contributed by atoms with Crippen molar-refractivity contribution < 1.29 is 5.11 Å². The maximum atomic E-state index is 10.6. The van der Waals surface area contributed by atoms with E-state index in [-0.39, 0.29) is 0 Å². The van der Waals surface area contributed by atoms with Crippen LogP contribution in [-0.2, 0) is 0 Å². The molecule has 3 unspecified atom stereocenters. The van der Waals surface area contributed by atoms with E-state index in [0.29, 0.717) is 23.4 Å². The van der Waals surface area contributed by atoms with Crippen LogP contribution in [0.3, 0.4) is 0 Å². The van der Waals surface area contributed by atoms with Crippen molar-refractivity contribution in [2.45, 2.75) is 39.2 Å². The van der Waals surface area contributed by atoms with E-state index in [1.165, 1.54) is 6.42 Å². The van der Waals surface area contributed by atoms with Crippen molar-refractivity contribution in [1.82, 2.24) is 0 Å². The Morgan fingerprint density at radius 2 is 1.83 bits per heavy atom. The van der Waals surface area contributed by atoms with Crippen LogP contribution in [0.5, 0.6) is 0 Å². The fourth-order valence-corrected chi connectivity index (χ4v) is 3.70. The van der Waals surface area contributed by atoms with Gasteiger partial charge in [0.25, 0.3) is 0 Å². The molecule has 1 aromatic rings. The van der Waals surface area contributed by atoms with Gasteiger partial charge >= 0.3 is 0 Å². The topological polar surface area (TPSA) is 46.2 Å². The Morgan fingerprint density at radius 3 is 2.44 bits per heavy atom. The number of rotatable bonds is 2. The lowest BCUT2D eigenvalue weighted by Crippen LogP contribution is -2.25. The van der Waals surface area contributed by atoms with Crippen LogP contribution in [0.2, 0.25) is 0 Å². The quantitative estimate of drug-likeness (QED) is 0.806. The van der Waals surface area contributed by atoms with Gasteiger partial charge in [0.1, 0.15) is 0 Å². The van der Waals surface area contributed by atoms with Crippen molar-refractivity contribution in [3.8, 4) is 0 Å². The third kappa shape index (κ3) is 3.07. The van der Waals surface area contributed by atoms with E-state index in [4.69, 9.17) is 5.73 Å². The molecule has 100 valence electrons. The van der Waals surface area contributed by atoms with Crippen LogP contribution < -0.4 is 5.73 Å². The monoisotopic (exact) mass is 311 g/mol. The molecule has 0 amide bonds. The summed E-state index contributed by atoms with van der Waals surface area (Å²) in [5, 5.41) is 10.6. The van der Waals surface area contributed by atoms with Gasteiger partial charge in [0.2, 0.25) is 0 Å². The molecule has 1 saturated carbocycles. The first-order valence-corrected chi connectivity index (χ1v) is 7.49. The molecule has 18 heavy (non-hydrogen) atoms. The van der Waals surface area contributed by atoms with Crippen LogP contribution in [0.25, 0.3) is 0 Å². The van der Waals surface area contributed by atoms with Crippen LogP contribution >= 0.6 is 15.9 Å². The summed E-state index contributed by atoms with van der Waals surface area (Å²) in [6, 6.07) is 5.72. The Balaban J connectivity index is 2.19. The first kappa shape index (κ1) is 13.9. The standard InChI is InChI=1S/C15H22BrNO/c1-9-5-10(2)7-11(6-9)15(18)13-8-12(16)3-4-14(13)17/h3-4,8-11,15,18H,5-7,17H2,1-2H3. The van der Waals surface area contributed by atoms with E-state index < -0.39 is 6.10 Å². The first-order valence-electron chi connectivity index (χ1n) is 6.70. The third-order valence-electron chi connectivity index (χ3n) is 4.03. The summed E-state index contributed by atoms with van der Waals surface area (Å²) in [7, 11) is 0. The second-order valence-corrected chi connectivity index (χ2v) is 6.81. The second kappa shape index (κ2) is 5.62. The molecular weight excluding hydrogens is 290 g/mol. The molecule has 0 aliphatic heterocycles. The highest BCUT2D eigenvalue weighted by Crippen LogP contribution is 2.41. The second-order valence-electron chi connectivity index (χ2n) is 5.90. The number of halogens is 1. The van der Waals surface area contributed by atoms with Crippen LogP contribution in [0.15, 0.2) is 22.7 Å². The predicted octanol–water partition coefficient (Wildman–Crippen LogP) is 4.14. The fourth-order valence-electron chi connectivity index (χ4n) is 3.32. The summed E-state index contributed by atoms with van der Waals surface area (Å²) >= 11 is 3.45. The molecule has 3 atom stereocenters. The minimum atomic E-state index is -0.437. The van der Waals surface area contributed by atoms with Crippen LogP contribution in [-0.4, -0.2) is 5.11 Å². The highest BCUT2D eigenvalue weighted by Gasteiger charge is 2.30. The third-order valence-corrected chi connectivity index (χ3v) is 4.52. The van der Waals surface area contributed by atoms with E-state index >= 15 is 0 Å². The van der Waals surface area contributed by atoms with Crippen LogP contribution in [0, 0.1) is 17.8 Å². The number of anilines is 1. The van der Waals surface area contributed by atoms with Gasteiger partial charge in [0, 0.05) is 15.7 Å². The minimum Gasteiger partial charge on any atom is -0.398 e. The summed E-state index contributed by atoms with van der Waals surface area (Å²) in [6.45, 7) is 4.55. The Bertz CT molecular complexity index is 411. The number of hydrogen-bond acceptors (Lipinski definition) is 2. The van der Waals surface area contributed by atoms with E-state index in [2.05, 4.69) is 29.8 Å². The summed E-state index contributed by atoms with van der Waals surface area (Å²) < 4.78 is 0.975. The highest BCUT2D eigenvalue weighted by molar-refractivity contribution is 9.10. The molecule has 1 aromatic carbocycles. The molecule has 3 heteroatoms. The van der Waals surface area contributed by atoms with E-state index in [9.17, 15) is 5.11 Å². The van der Waals surface area contributed by atoms with Gasteiger partial charge in [-0.05, 0) is 55.2 Å². The molecule has 0 aromatic heterocycles.